The van der Waals surface area contributed by atoms with Crippen LogP contribution in [0.4, 0.5) is 0 Å². The van der Waals surface area contributed by atoms with E-state index in [0.717, 1.165) is 18.4 Å². The number of phenols is 2. The fourth-order valence-corrected chi connectivity index (χ4v) is 2.17. The Balaban J connectivity index is 0. The van der Waals surface area contributed by atoms with E-state index in [-0.39, 0.29) is 11.5 Å². The molecule has 0 amide bonds. The molecule has 0 bridgehead atoms. The summed E-state index contributed by atoms with van der Waals surface area (Å²) in [5, 5.41) is 18.0. The van der Waals surface area contributed by atoms with Gasteiger partial charge in [0.2, 0.25) is 0 Å². The van der Waals surface area contributed by atoms with Gasteiger partial charge < -0.3 is 10.2 Å². The number of hydrogen-bond acceptors (Lipinski definition) is 3. The van der Waals surface area contributed by atoms with Gasteiger partial charge in [0.15, 0.2) is 0 Å². The Labute approximate surface area is 172 Å². The average Bonchev–Trinajstić information content (AvgIpc) is 2.76. The van der Waals surface area contributed by atoms with Crippen molar-refractivity contribution in [2.75, 3.05) is 0 Å². The number of phenolic OH excluding ortho intramolecular Hbond substituents is 2. The van der Waals surface area contributed by atoms with Crippen molar-refractivity contribution in [3.8, 4) is 11.5 Å². The first-order valence-electron chi connectivity index (χ1n) is 10.6. The Morgan fingerprint density at radius 1 is 0.714 bits per heavy atom. The molecule has 3 nitrogen and oxygen atoms in total. The Kier molecular flexibility index (Phi) is 19.4. The van der Waals surface area contributed by atoms with Crippen molar-refractivity contribution < 1.29 is 15.0 Å². The van der Waals surface area contributed by atoms with Crippen LogP contribution in [0.15, 0.2) is 48.5 Å². The second-order valence-corrected chi connectivity index (χ2v) is 5.83. The summed E-state index contributed by atoms with van der Waals surface area (Å²) in [5.41, 5.74) is 2.41. The van der Waals surface area contributed by atoms with Crippen molar-refractivity contribution in [2.45, 2.75) is 80.1 Å². The van der Waals surface area contributed by atoms with E-state index in [1.54, 1.807) is 24.3 Å². The molecule has 0 aliphatic rings. The van der Waals surface area contributed by atoms with E-state index in [4.69, 9.17) is 10.2 Å². The number of rotatable bonds is 7. The van der Waals surface area contributed by atoms with Gasteiger partial charge in [-0.15, -0.1) is 0 Å². The molecule has 3 heteroatoms. The van der Waals surface area contributed by atoms with Crippen molar-refractivity contribution in [1.29, 1.82) is 0 Å². The maximum Gasteiger partial charge on any atom is 0.132 e. The molecular weight excluding hydrogens is 348 g/mol. The van der Waals surface area contributed by atoms with Crippen LogP contribution in [0.1, 0.15) is 78.4 Å². The first-order chi connectivity index (χ1) is 13.5. The molecule has 0 aliphatic carbocycles. The Bertz CT molecular complexity index is 586. The van der Waals surface area contributed by atoms with Crippen LogP contribution in [0.5, 0.6) is 11.5 Å². The third-order valence-electron chi connectivity index (χ3n) is 3.78. The summed E-state index contributed by atoms with van der Waals surface area (Å²) in [6.07, 6.45) is 5.55. The third kappa shape index (κ3) is 14.8. The summed E-state index contributed by atoms with van der Waals surface area (Å²) in [7, 11) is 0. The van der Waals surface area contributed by atoms with Gasteiger partial charge in [0.05, 0.1) is 0 Å². The normalized spacial score (nSPS) is 8.93. The fraction of sp³-hybridized carbons (Fsp3) is 0.480. The molecule has 0 aromatic heterocycles. The predicted molar refractivity (Wildman–Crippen MR) is 121 cm³/mol. The number of aryl methyl sites for hydroxylation is 2. The van der Waals surface area contributed by atoms with E-state index in [2.05, 4.69) is 6.92 Å². The molecule has 0 fully saturated rings. The second-order valence-electron chi connectivity index (χ2n) is 5.83. The molecule has 0 spiro atoms. The summed E-state index contributed by atoms with van der Waals surface area (Å²) in [6.45, 7) is 12.1. The molecule has 0 heterocycles. The Morgan fingerprint density at radius 2 is 1.11 bits per heavy atom. The lowest BCUT2D eigenvalue weighted by atomic mass is 10.1. The van der Waals surface area contributed by atoms with Crippen molar-refractivity contribution in [3.63, 3.8) is 0 Å². The minimum Gasteiger partial charge on any atom is -0.508 e. The van der Waals surface area contributed by atoms with E-state index < -0.39 is 0 Å². The van der Waals surface area contributed by atoms with Gasteiger partial charge in [0, 0.05) is 12.8 Å². The fourth-order valence-electron chi connectivity index (χ4n) is 2.17. The zero-order chi connectivity index (χ0) is 21.8. The Morgan fingerprint density at radius 3 is 1.46 bits per heavy atom. The monoisotopic (exact) mass is 388 g/mol. The van der Waals surface area contributed by atoms with Gasteiger partial charge in [-0.1, -0.05) is 72.2 Å². The first kappa shape index (κ1) is 27.9. The molecule has 2 rings (SSSR count). The lowest BCUT2D eigenvalue weighted by molar-refractivity contribution is -0.118. The highest BCUT2D eigenvalue weighted by molar-refractivity contribution is 5.78. The van der Waals surface area contributed by atoms with Gasteiger partial charge in [-0.2, -0.15) is 0 Å². The second kappa shape index (κ2) is 19.5. The lowest BCUT2D eigenvalue weighted by Crippen LogP contribution is -1.97. The van der Waals surface area contributed by atoms with E-state index in [9.17, 15) is 4.79 Å². The molecule has 158 valence electrons. The summed E-state index contributed by atoms with van der Waals surface area (Å²) in [4.78, 5) is 11.0. The van der Waals surface area contributed by atoms with Crippen LogP contribution in [0.2, 0.25) is 0 Å². The zero-order valence-corrected chi connectivity index (χ0v) is 18.7. The van der Waals surface area contributed by atoms with Gasteiger partial charge in [0.25, 0.3) is 0 Å². The van der Waals surface area contributed by atoms with Gasteiger partial charge in [-0.25, -0.2) is 0 Å². The minimum absolute atomic E-state index is 0.269. The number of hydrogen-bond donors (Lipinski definition) is 2. The first-order valence-corrected chi connectivity index (χ1v) is 10.6. The van der Waals surface area contributed by atoms with Gasteiger partial charge in [-0.05, 0) is 54.7 Å². The standard InChI is InChI=1S/C11H14O2.C10H14O.2C2H6/c1-2-10(12)6-3-9-4-7-11(13)8-5-9;1-2-3-4-9-5-7-10(11)8-6-9;2*1-2/h4-5,7-8,13H,2-3,6H2,1H3;5-8,11H,2-4H2,1H3;2*1-2H3. The number of aromatic hydroxyl groups is 2. The molecular formula is C25H40O3. The quantitative estimate of drug-likeness (QED) is 0.532. The molecule has 2 N–H and O–H groups in total. The van der Waals surface area contributed by atoms with Gasteiger partial charge in [-0.3, -0.25) is 4.79 Å². The van der Waals surface area contributed by atoms with Crippen LogP contribution >= 0.6 is 0 Å². The number of Topliss-reactive ketones (excluding diaryl/α,β-unsaturated/α-hetero) is 1. The molecule has 0 unspecified atom stereocenters. The van der Waals surface area contributed by atoms with Gasteiger partial charge in [0.1, 0.15) is 17.3 Å². The predicted octanol–water partition coefficient (Wildman–Crippen LogP) is 7.09. The molecule has 2 aromatic rings. The molecule has 0 saturated heterocycles. The highest BCUT2D eigenvalue weighted by atomic mass is 16.3. The molecule has 0 saturated carbocycles. The van der Waals surface area contributed by atoms with Crippen molar-refractivity contribution in [2.24, 2.45) is 0 Å². The van der Waals surface area contributed by atoms with Crippen LogP contribution in [-0.4, -0.2) is 16.0 Å². The molecule has 0 aliphatic heterocycles. The maximum atomic E-state index is 11.0. The van der Waals surface area contributed by atoms with Crippen LogP contribution < -0.4 is 0 Å². The average molecular weight is 389 g/mol. The third-order valence-corrected chi connectivity index (χ3v) is 3.78. The maximum absolute atomic E-state index is 11.0. The number of unbranched alkanes of at least 4 members (excludes halogenated alkanes) is 1. The SMILES string of the molecule is CC.CC.CCC(=O)CCc1ccc(O)cc1.CCCCc1ccc(O)cc1. The van der Waals surface area contributed by atoms with Crippen LogP contribution in [0, 0.1) is 0 Å². The highest BCUT2D eigenvalue weighted by Gasteiger charge is 1.99. The number of benzene rings is 2. The summed E-state index contributed by atoms with van der Waals surface area (Å²) in [6, 6.07) is 14.4. The molecule has 0 atom stereocenters. The van der Waals surface area contributed by atoms with Crippen LogP contribution in [0.3, 0.4) is 0 Å². The smallest absolute Gasteiger partial charge is 0.132 e. The number of carbonyl (C=O) groups excluding carboxylic acids is 1. The van der Waals surface area contributed by atoms with E-state index in [1.807, 2.05) is 58.9 Å². The van der Waals surface area contributed by atoms with Crippen LogP contribution in [-0.2, 0) is 17.6 Å². The van der Waals surface area contributed by atoms with Crippen molar-refractivity contribution in [1.82, 2.24) is 0 Å². The number of ketones is 1. The summed E-state index contributed by atoms with van der Waals surface area (Å²) < 4.78 is 0. The Hall–Kier alpha value is -2.29. The van der Waals surface area contributed by atoms with Crippen molar-refractivity contribution >= 4 is 5.78 Å². The summed E-state index contributed by atoms with van der Waals surface area (Å²) in [5.74, 6) is 0.906. The van der Waals surface area contributed by atoms with E-state index >= 15 is 0 Å². The van der Waals surface area contributed by atoms with Crippen molar-refractivity contribution in [3.05, 3.63) is 59.7 Å². The largest absolute Gasteiger partial charge is 0.508 e. The molecule has 2 aromatic carbocycles. The van der Waals surface area contributed by atoms with E-state index in [1.165, 1.54) is 18.4 Å². The topological polar surface area (TPSA) is 57.5 Å². The lowest BCUT2D eigenvalue weighted by Gasteiger charge is -1.99. The van der Waals surface area contributed by atoms with E-state index in [0.29, 0.717) is 18.6 Å². The van der Waals surface area contributed by atoms with Crippen LogP contribution in [0.25, 0.3) is 0 Å². The molecule has 0 radical (unpaired) electrons. The minimum atomic E-state index is 0.269. The number of carbonyl (C=O) groups is 1. The summed E-state index contributed by atoms with van der Waals surface area (Å²) >= 11 is 0. The highest BCUT2D eigenvalue weighted by Crippen LogP contribution is 2.12. The van der Waals surface area contributed by atoms with Gasteiger partial charge >= 0.3 is 0 Å². The zero-order valence-electron chi connectivity index (χ0n) is 18.7. The molecule has 28 heavy (non-hydrogen) atoms.